The van der Waals surface area contributed by atoms with Gasteiger partial charge in [0.1, 0.15) is 0 Å². The summed E-state index contributed by atoms with van der Waals surface area (Å²) in [5, 5.41) is 3.64. The van der Waals surface area contributed by atoms with Gasteiger partial charge in [-0.05, 0) is 12.0 Å². The van der Waals surface area contributed by atoms with E-state index in [-0.39, 0.29) is 17.6 Å². The maximum atomic E-state index is 10.8. The predicted molar refractivity (Wildman–Crippen MR) is 54.6 cm³/mol. The molecule has 0 saturated carbocycles. The molecule has 2 heterocycles. The second-order valence-corrected chi connectivity index (χ2v) is 3.65. The third-order valence-corrected chi connectivity index (χ3v) is 2.16. The van der Waals surface area contributed by atoms with Crippen LogP contribution in [0.3, 0.4) is 0 Å². The van der Waals surface area contributed by atoms with Crippen LogP contribution in [0.5, 0.6) is 0 Å². The molecule has 6 nitrogen and oxygen atoms in total. The van der Waals surface area contributed by atoms with Crippen LogP contribution < -0.4 is 5.73 Å². The van der Waals surface area contributed by atoms with Crippen LogP contribution in [0.15, 0.2) is 21.3 Å². The lowest BCUT2D eigenvalue weighted by molar-refractivity contribution is 0.0958. The smallest absolute Gasteiger partial charge is 0.316 e. The van der Waals surface area contributed by atoms with E-state index in [1.54, 1.807) is 6.26 Å². The number of nitrogens with zero attached hydrogens (tertiary/aromatic N) is 2. The molecule has 0 aliphatic carbocycles. The van der Waals surface area contributed by atoms with Crippen LogP contribution in [0.25, 0.3) is 11.6 Å². The van der Waals surface area contributed by atoms with Crippen molar-refractivity contribution >= 4 is 5.91 Å². The molecule has 0 aliphatic heterocycles. The number of nitrogens with two attached hydrogens (primary N) is 1. The number of furan rings is 1. The Morgan fingerprint density at radius 1 is 1.50 bits per heavy atom. The minimum Gasteiger partial charge on any atom is -0.461 e. The normalized spacial score (nSPS) is 10.9. The first kappa shape index (κ1) is 10.4. The van der Waals surface area contributed by atoms with Crippen LogP contribution in [-0.2, 0) is 0 Å². The molecule has 0 spiro atoms. The van der Waals surface area contributed by atoms with Gasteiger partial charge in [-0.25, -0.2) is 0 Å². The highest BCUT2D eigenvalue weighted by Gasteiger charge is 2.19. The van der Waals surface area contributed by atoms with Crippen molar-refractivity contribution in [2.75, 3.05) is 0 Å². The number of primary amides is 1. The Morgan fingerprint density at radius 3 is 2.81 bits per heavy atom. The fourth-order valence-electron chi connectivity index (χ4n) is 1.37. The Bertz CT molecular complexity index is 513. The van der Waals surface area contributed by atoms with Crippen molar-refractivity contribution in [1.29, 1.82) is 0 Å². The summed E-state index contributed by atoms with van der Waals surface area (Å²) in [4.78, 5) is 14.6. The standard InChI is InChI=1S/C10H11N3O3/c1-5(2)6-3-4-15-7(6)9-12-10(8(11)14)16-13-9/h3-5H,1-2H3,(H2,11,14). The summed E-state index contributed by atoms with van der Waals surface area (Å²) in [7, 11) is 0. The van der Waals surface area contributed by atoms with Crippen molar-refractivity contribution in [2.24, 2.45) is 5.73 Å². The third-order valence-electron chi connectivity index (χ3n) is 2.16. The van der Waals surface area contributed by atoms with Crippen LogP contribution in [0.2, 0.25) is 0 Å². The van der Waals surface area contributed by atoms with Crippen LogP contribution in [0, 0.1) is 0 Å². The van der Waals surface area contributed by atoms with Crippen LogP contribution in [0.4, 0.5) is 0 Å². The van der Waals surface area contributed by atoms with Gasteiger partial charge in [-0.3, -0.25) is 4.79 Å². The maximum absolute atomic E-state index is 10.8. The lowest BCUT2D eigenvalue weighted by Crippen LogP contribution is -2.11. The summed E-state index contributed by atoms with van der Waals surface area (Å²) in [6, 6.07) is 1.83. The Labute approximate surface area is 91.4 Å². The van der Waals surface area contributed by atoms with Gasteiger partial charge < -0.3 is 14.7 Å². The molecule has 0 atom stereocenters. The number of amides is 1. The summed E-state index contributed by atoms with van der Waals surface area (Å²) in [5.74, 6) is 0.0375. The first-order chi connectivity index (χ1) is 7.59. The molecule has 16 heavy (non-hydrogen) atoms. The van der Waals surface area contributed by atoms with Gasteiger partial charge in [0.2, 0.25) is 5.82 Å². The molecule has 0 aliphatic rings. The molecule has 0 fully saturated rings. The number of hydrogen-bond acceptors (Lipinski definition) is 5. The Hall–Kier alpha value is -2.11. The SMILES string of the molecule is CC(C)c1ccoc1-c1noc(C(N)=O)n1. The van der Waals surface area contributed by atoms with Gasteiger partial charge in [0, 0.05) is 5.56 Å². The van der Waals surface area contributed by atoms with Gasteiger partial charge >= 0.3 is 11.8 Å². The predicted octanol–water partition coefficient (Wildman–Crippen LogP) is 1.55. The van der Waals surface area contributed by atoms with Crippen LogP contribution in [0.1, 0.15) is 36.0 Å². The average Bonchev–Trinajstić information content (AvgIpc) is 2.86. The molecule has 0 saturated heterocycles. The van der Waals surface area contributed by atoms with Crippen molar-refractivity contribution in [1.82, 2.24) is 10.1 Å². The minimum absolute atomic E-state index is 0.221. The first-order valence-corrected chi connectivity index (χ1v) is 4.81. The molecular formula is C10H11N3O3. The van der Waals surface area contributed by atoms with Gasteiger partial charge in [-0.1, -0.05) is 19.0 Å². The molecule has 2 rings (SSSR count). The van der Waals surface area contributed by atoms with Crippen molar-refractivity contribution in [3.8, 4) is 11.6 Å². The monoisotopic (exact) mass is 221 g/mol. The van der Waals surface area contributed by atoms with Gasteiger partial charge in [-0.15, -0.1) is 0 Å². The van der Waals surface area contributed by atoms with E-state index in [1.807, 2.05) is 19.9 Å². The van der Waals surface area contributed by atoms with Gasteiger partial charge in [0.05, 0.1) is 6.26 Å². The quantitative estimate of drug-likeness (QED) is 0.848. The van der Waals surface area contributed by atoms with E-state index >= 15 is 0 Å². The lowest BCUT2D eigenvalue weighted by Gasteiger charge is -2.01. The van der Waals surface area contributed by atoms with Gasteiger partial charge in [0.25, 0.3) is 0 Å². The second-order valence-electron chi connectivity index (χ2n) is 3.65. The third kappa shape index (κ3) is 1.69. The van der Waals surface area contributed by atoms with Gasteiger partial charge in [-0.2, -0.15) is 4.98 Å². The van der Waals surface area contributed by atoms with E-state index in [9.17, 15) is 4.79 Å². The first-order valence-electron chi connectivity index (χ1n) is 4.81. The Morgan fingerprint density at radius 2 is 2.25 bits per heavy atom. The second kappa shape index (κ2) is 3.80. The number of carbonyl (C=O) groups excluding carboxylic acids is 1. The van der Waals surface area contributed by atoms with Crippen LogP contribution >= 0.6 is 0 Å². The summed E-state index contributed by atoms with van der Waals surface area (Å²) in [6.07, 6.45) is 1.55. The molecule has 84 valence electrons. The lowest BCUT2D eigenvalue weighted by atomic mass is 10.0. The van der Waals surface area contributed by atoms with Crippen LogP contribution in [-0.4, -0.2) is 16.0 Å². The zero-order valence-electron chi connectivity index (χ0n) is 8.93. The van der Waals surface area contributed by atoms with E-state index in [1.165, 1.54) is 0 Å². The molecule has 0 aromatic carbocycles. The number of carbonyl (C=O) groups is 1. The Kier molecular flexibility index (Phi) is 2.47. The largest absolute Gasteiger partial charge is 0.461 e. The average molecular weight is 221 g/mol. The van der Waals surface area contributed by atoms with Crippen molar-refractivity contribution in [2.45, 2.75) is 19.8 Å². The molecule has 2 aromatic rings. The van der Waals surface area contributed by atoms with Crippen molar-refractivity contribution in [3.05, 3.63) is 23.8 Å². The highest BCUT2D eigenvalue weighted by Crippen LogP contribution is 2.28. The highest BCUT2D eigenvalue weighted by atomic mass is 16.5. The topological polar surface area (TPSA) is 95.1 Å². The molecule has 0 bridgehead atoms. The minimum atomic E-state index is -0.753. The van der Waals surface area contributed by atoms with E-state index in [2.05, 4.69) is 14.7 Å². The molecular weight excluding hydrogens is 210 g/mol. The number of aromatic nitrogens is 2. The van der Waals surface area contributed by atoms with E-state index < -0.39 is 5.91 Å². The molecule has 6 heteroatoms. The summed E-state index contributed by atoms with van der Waals surface area (Å²) in [5.41, 5.74) is 5.97. The van der Waals surface area contributed by atoms with E-state index in [0.29, 0.717) is 5.76 Å². The summed E-state index contributed by atoms with van der Waals surface area (Å²) >= 11 is 0. The zero-order valence-corrected chi connectivity index (χ0v) is 8.93. The maximum Gasteiger partial charge on any atom is 0.316 e. The Balaban J connectivity index is 2.42. The molecule has 0 radical (unpaired) electrons. The fraction of sp³-hybridized carbons (Fsp3) is 0.300. The highest BCUT2D eigenvalue weighted by molar-refractivity contribution is 5.88. The van der Waals surface area contributed by atoms with E-state index in [0.717, 1.165) is 5.56 Å². The number of rotatable bonds is 3. The molecule has 2 aromatic heterocycles. The van der Waals surface area contributed by atoms with Crippen molar-refractivity contribution < 1.29 is 13.7 Å². The molecule has 2 N–H and O–H groups in total. The molecule has 1 amide bonds. The molecule has 0 unspecified atom stereocenters. The zero-order chi connectivity index (χ0) is 11.7. The van der Waals surface area contributed by atoms with Crippen molar-refractivity contribution in [3.63, 3.8) is 0 Å². The summed E-state index contributed by atoms with van der Waals surface area (Å²) in [6.45, 7) is 4.03. The van der Waals surface area contributed by atoms with E-state index in [4.69, 9.17) is 10.2 Å². The summed E-state index contributed by atoms with van der Waals surface area (Å²) < 4.78 is 9.96. The van der Waals surface area contributed by atoms with Gasteiger partial charge in [0.15, 0.2) is 5.76 Å². The number of hydrogen-bond donors (Lipinski definition) is 1. The fourth-order valence-corrected chi connectivity index (χ4v) is 1.37.